The first-order valence-electron chi connectivity index (χ1n) is 8.39. The third-order valence-corrected chi connectivity index (χ3v) is 5.99. The minimum atomic E-state index is 0.247. The molecule has 21 heavy (non-hydrogen) atoms. The number of rotatable bonds is 2. The molecule has 0 aromatic carbocycles. The van der Waals surface area contributed by atoms with E-state index in [1.807, 2.05) is 6.07 Å². The Hall–Kier alpha value is -0.770. The van der Waals surface area contributed by atoms with Crippen molar-refractivity contribution in [2.75, 3.05) is 13.1 Å². The number of likely N-dealkylation sites (tertiary alicyclic amines) is 1. The van der Waals surface area contributed by atoms with Gasteiger partial charge in [0.05, 0.1) is 0 Å². The fourth-order valence-corrected chi connectivity index (χ4v) is 4.66. The molecule has 2 unspecified atom stereocenters. The highest BCUT2D eigenvalue weighted by Crippen LogP contribution is 2.39. The van der Waals surface area contributed by atoms with E-state index in [1.54, 1.807) is 0 Å². The molecule has 2 atom stereocenters. The van der Waals surface area contributed by atoms with Crippen molar-refractivity contribution in [2.45, 2.75) is 51.0 Å². The van der Waals surface area contributed by atoms with Gasteiger partial charge in [0.1, 0.15) is 5.69 Å². The summed E-state index contributed by atoms with van der Waals surface area (Å²) in [5.41, 5.74) is 0.888. The largest absolute Gasteiger partial charge is 0.339 e. The Balaban J connectivity index is 1.52. The molecule has 3 fully saturated rings. The molecule has 1 aliphatic heterocycles. The molecule has 3 nitrogen and oxygen atoms in total. The molecule has 4 rings (SSSR count). The second-order valence-corrected chi connectivity index (χ2v) is 7.94. The van der Waals surface area contributed by atoms with Gasteiger partial charge < -0.3 is 9.47 Å². The second-order valence-electron chi connectivity index (χ2n) is 7.03. The van der Waals surface area contributed by atoms with Crippen LogP contribution in [0.5, 0.6) is 0 Å². The number of carbonyl (C=O) groups excluding carboxylic acids is 1. The third kappa shape index (κ3) is 2.67. The maximum absolute atomic E-state index is 12.9. The number of amides is 1. The zero-order valence-electron chi connectivity index (χ0n) is 12.4. The van der Waals surface area contributed by atoms with Crippen LogP contribution in [0.15, 0.2) is 16.7 Å². The first kappa shape index (κ1) is 13.9. The summed E-state index contributed by atoms with van der Waals surface area (Å²) in [7, 11) is 0. The molecule has 1 aromatic rings. The summed E-state index contributed by atoms with van der Waals surface area (Å²) in [6.45, 7) is 1.93. The monoisotopic (exact) mass is 350 g/mol. The van der Waals surface area contributed by atoms with E-state index in [-0.39, 0.29) is 5.91 Å². The van der Waals surface area contributed by atoms with E-state index < -0.39 is 0 Å². The molecule has 2 saturated carbocycles. The highest BCUT2D eigenvalue weighted by atomic mass is 79.9. The van der Waals surface area contributed by atoms with Gasteiger partial charge in [0, 0.05) is 29.8 Å². The Morgan fingerprint density at radius 3 is 2.62 bits per heavy atom. The van der Waals surface area contributed by atoms with Crippen LogP contribution in [0.2, 0.25) is 0 Å². The van der Waals surface area contributed by atoms with E-state index in [2.05, 4.69) is 31.6 Å². The maximum atomic E-state index is 12.9. The molecule has 2 heterocycles. The van der Waals surface area contributed by atoms with Gasteiger partial charge in [-0.25, -0.2) is 0 Å². The highest BCUT2D eigenvalue weighted by Gasteiger charge is 2.35. The zero-order chi connectivity index (χ0) is 14.4. The molecule has 0 bridgehead atoms. The SMILES string of the molecule is O=C(c1cc(Br)cn1C1CC1)N1CCC2CCCCC2C1. The quantitative estimate of drug-likeness (QED) is 0.783. The molecule has 0 spiro atoms. The summed E-state index contributed by atoms with van der Waals surface area (Å²) in [5, 5.41) is 0. The molecule has 1 aromatic heterocycles. The summed E-state index contributed by atoms with van der Waals surface area (Å²) in [6, 6.07) is 2.57. The summed E-state index contributed by atoms with van der Waals surface area (Å²) >= 11 is 3.54. The normalized spacial score (nSPS) is 29.3. The molecule has 3 aliphatic rings. The Labute approximate surface area is 134 Å². The number of aromatic nitrogens is 1. The molecule has 114 valence electrons. The summed E-state index contributed by atoms with van der Waals surface area (Å²) in [5.74, 6) is 1.88. The lowest BCUT2D eigenvalue weighted by Gasteiger charge is -2.41. The van der Waals surface area contributed by atoms with Gasteiger partial charge in [-0.1, -0.05) is 19.3 Å². The lowest BCUT2D eigenvalue weighted by molar-refractivity contribution is 0.0511. The lowest BCUT2D eigenvalue weighted by Crippen LogP contribution is -2.45. The Bertz CT molecular complexity index is 549. The average molecular weight is 351 g/mol. The summed E-state index contributed by atoms with van der Waals surface area (Å²) in [4.78, 5) is 15.0. The van der Waals surface area contributed by atoms with Gasteiger partial charge in [-0.2, -0.15) is 0 Å². The number of carbonyl (C=O) groups is 1. The topological polar surface area (TPSA) is 25.2 Å². The number of piperidine rings is 1. The number of hydrogen-bond donors (Lipinski definition) is 0. The predicted octanol–water partition coefficient (Wildman–Crippen LogP) is 4.24. The van der Waals surface area contributed by atoms with Gasteiger partial charge in [0.15, 0.2) is 0 Å². The molecular formula is C17H23BrN2O. The smallest absolute Gasteiger partial charge is 0.270 e. The van der Waals surface area contributed by atoms with E-state index in [0.29, 0.717) is 6.04 Å². The molecule has 4 heteroatoms. The van der Waals surface area contributed by atoms with Gasteiger partial charge in [-0.05, 0) is 59.5 Å². The highest BCUT2D eigenvalue weighted by molar-refractivity contribution is 9.10. The second kappa shape index (κ2) is 5.45. The van der Waals surface area contributed by atoms with Crippen molar-refractivity contribution in [1.82, 2.24) is 9.47 Å². The Morgan fingerprint density at radius 1 is 1.10 bits per heavy atom. The molecule has 0 radical (unpaired) electrons. The first-order valence-corrected chi connectivity index (χ1v) is 9.18. The van der Waals surface area contributed by atoms with Crippen LogP contribution < -0.4 is 0 Å². The first-order chi connectivity index (χ1) is 10.2. The van der Waals surface area contributed by atoms with E-state index in [0.717, 1.165) is 35.1 Å². The van der Waals surface area contributed by atoms with Crippen molar-refractivity contribution in [1.29, 1.82) is 0 Å². The van der Waals surface area contributed by atoms with E-state index >= 15 is 0 Å². The van der Waals surface area contributed by atoms with Crippen LogP contribution >= 0.6 is 15.9 Å². The van der Waals surface area contributed by atoms with Crippen molar-refractivity contribution in [2.24, 2.45) is 11.8 Å². The fourth-order valence-electron chi connectivity index (χ4n) is 4.22. The van der Waals surface area contributed by atoms with Crippen molar-refractivity contribution in [3.8, 4) is 0 Å². The Kier molecular flexibility index (Phi) is 3.60. The van der Waals surface area contributed by atoms with E-state index in [4.69, 9.17) is 0 Å². The molecule has 1 amide bonds. The van der Waals surface area contributed by atoms with Gasteiger partial charge in [0.25, 0.3) is 5.91 Å². The van der Waals surface area contributed by atoms with Crippen LogP contribution in [-0.2, 0) is 0 Å². The standard InChI is InChI=1S/C17H23BrN2O/c18-14-9-16(20(11-14)15-5-6-15)17(21)19-8-7-12-3-1-2-4-13(12)10-19/h9,11-13,15H,1-8,10H2. The van der Waals surface area contributed by atoms with Gasteiger partial charge in [-0.3, -0.25) is 4.79 Å². The molecule has 2 aliphatic carbocycles. The van der Waals surface area contributed by atoms with E-state index in [9.17, 15) is 4.79 Å². The molecule has 0 N–H and O–H groups in total. The minimum Gasteiger partial charge on any atom is -0.339 e. The number of nitrogens with zero attached hydrogens (tertiary/aromatic N) is 2. The fraction of sp³-hybridized carbons (Fsp3) is 0.706. The number of hydrogen-bond acceptors (Lipinski definition) is 1. The molecular weight excluding hydrogens is 328 g/mol. The number of fused-ring (bicyclic) bond motifs is 1. The van der Waals surface area contributed by atoms with E-state index in [1.165, 1.54) is 44.9 Å². The third-order valence-electron chi connectivity index (χ3n) is 5.55. The molecule has 1 saturated heterocycles. The lowest BCUT2D eigenvalue weighted by atomic mass is 9.75. The zero-order valence-corrected chi connectivity index (χ0v) is 14.0. The van der Waals surface area contributed by atoms with Gasteiger partial charge in [-0.15, -0.1) is 0 Å². The predicted molar refractivity (Wildman–Crippen MR) is 86.4 cm³/mol. The number of halogens is 1. The van der Waals surface area contributed by atoms with Crippen molar-refractivity contribution in [3.05, 3.63) is 22.4 Å². The van der Waals surface area contributed by atoms with Crippen LogP contribution in [-0.4, -0.2) is 28.5 Å². The minimum absolute atomic E-state index is 0.247. The van der Waals surface area contributed by atoms with Crippen LogP contribution in [0, 0.1) is 11.8 Å². The van der Waals surface area contributed by atoms with Crippen molar-refractivity contribution >= 4 is 21.8 Å². The summed E-state index contributed by atoms with van der Waals surface area (Å²) in [6.07, 6.45) is 11.2. The summed E-state index contributed by atoms with van der Waals surface area (Å²) < 4.78 is 3.23. The van der Waals surface area contributed by atoms with Crippen LogP contribution in [0.4, 0.5) is 0 Å². The Morgan fingerprint density at radius 2 is 1.86 bits per heavy atom. The van der Waals surface area contributed by atoms with Gasteiger partial charge >= 0.3 is 0 Å². The average Bonchev–Trinajstić information content (AvgIpc) is 3.28. The van der Waals surface area contributed by atoms with Crippen LogP contribution in [0.1, 0.15) is 61.5 Å². The van der Waals surface area contributed by atoms with Crippen molar-refractivity contribution in [3.63, 3.8) is 0 Å². The maximum Gasteiger partial charge on any atom is 0.270 e. The van der Waals surface area contributed by atoms with Crippen LogP contribution in [0.25, 0.3) is 0 Å². The van der Waals surface area contributed by atoms with Crippen molar-refractivity contribution < 1.29 is 4.79 Å². The van der Waals surface area contributed by atoms with Crippen LogP contribution in [0.3, 0.4) is 0 Å². The van der Waals surface area contributed by atoms with Gasteiger partial charge in [0.2, 0.25) is 0 Å².